The lowest BCUT2D eigenvalue weighted by Gasteiger charge is -2.27. The molecule has 0 spiro atoms. The largest absolute Gasteiger partial charge is 0.357 e. The number of urea groups is 1. The zero-order chi connectivity index (χ0) is 17.6. The Kier molecular flexibility index (Phi) is 4.28. The summed E-state index contributed by atoms with van der Waals surface area (Å²) < 4.78 is 0. The number of benzene rings is 2. The van der Waals surface area contributed by atoms with Gasteiger partial charge in [0.05, 0.1) is 22.3 Å². The zero-order valence-corrected chi connectivity index (χ0v) is 15.3. The summed E-state index contributed by atoms with van der Waals surface area (Å²) in [5, 5.41) is 5.07. The fraction of sp³-hybridized carbons (Fsp3) is 0.167. The van der Waals surface area contributed by atoms with Crippen molar-refractivity contribution >= 4 is 57.4 Å². The monoisotopic (exact) mass is 393 g/mol. The highest BCUT2D eigenvalue weighted by Crippen LogP contribution is 2.34. The molecule has 0 saturated carbocycles. The van der Waals surface area contributed by atoms with Crippen LogP contribution in [0, 0.1) is 0 Å². The van der Waals surface area contributed by atoms with Crippen LogP contribution in [0.4, 0.5) is 10.5 Å². The van der Waals surface area contributed by atoms with Gasteiger partial charge < -0.3 is 15.2 Å². The normalized spacial score (nSPS) is 13.8. The third-order valence-corrected chi connectivity index (χ3v) is 5.22. The van der Waals surface area contributed by atoms with E-state index in [1.54, 1.807) is 17.0 Å². The second-order valence-electron chi connectivity index (χ2n) is 5.97. The number of hydrogen-bond donors (Lipinski definition) is 2. The number of para-hydroxylation sites is 1. The van der Waals surface area contributed by atoms with Crippen molar-refractivity contribution in [3.63, 3.8) is 0 Å². The lowest BCUT2D eigenvalue weighted by Crippen LogP contribution is -2.38. The maximum atomic E-state index is 12.6. The predicted molar refractivity (Wildman–Crippen MR) is 103 cm³/mol. The molecule has 0 fully saturated rings. The number of fused-ring (bicyclic) bond motifs is 3. The summed E-state index contributed by atoms with van der Waals surface area (Å²) in [5.41, 5.74) is 3.82. The Morgan fingerprint density at radius 2 is 1.84 bits per heavy atom. The minimum atomic E-state index is -0.240. The van der Waals surface area contributed by atoms with Gasteiger partial charge in [0.15, 0.2) is 0 Å². The van der Waals surface area contributed by atoms with Gasteiger partial charge in [-0.2, -0.15) is 0 Å². The van der Waals surface area contributed by atoms with Gasteiger partial charge in [0.2, 0.25) is 0 Å². The van der Waals surface area contributed by atoms with Crippen LogP contribution in [0.2, 0.25) is 15.1 Å². The first kappa shape index (κ1) is 16.6. The Hall–Kier alpha value is -1.88. The first-order valence-corrected chi connectivity index (χ1v) is 8.95. The Bertz CT molecular complexity index is 960. The topological polar surface area (TPSA) is 48.1 Å². The molecule has 2 amide bonds. The quantitative estimate of drug-likeness (QED) is 0.545. The molecule has 1 aliphatic rings. The maximum Gasteiger partial charge on any atom is 0.322 e. The molecule has 4 rings (SSSR count). The number of carbonyl (C=O) groups excluding carboxylic acids is 1. The lowest BCUT2D eigenvalue weighted by molar-refractivity contribution is 0.206. The predicted octanol–water partition coefficient (Wildman–Crippen LogP) is 5.72. The molecule has 0 atom stereocenters. The van der Waals surface area contributed by atoms with E-state index in [0.717, 1.165) is 17.6 Å². The molecule has 25 heavy (non-hydrogen) atoms. The lowest BCUT2D eigenvalue weighted by atomic mass is 10.0. The number of rotatable bonds is 1. The molecule has 1 aromatic heterocycles. The number of hydrogen-bond acceptors (Lipinski definition) is 1. The van der Waals surface area contributed by atoms with Crippen molar-refractivity contribution in [3.05, 3.63) is 62.7 Å². The third-order valence-electron chi connectivity index (χ3n) is 4.41. The number of aromatic amines is 1. The summed E-state index contributed by atoms with van der Waals surface area (Å²) >= 11 is 18.2. The molecule has 0 bridgehead atoms. The van der Waals surface area contributed by atoms with E-state index in [0.29, 0.717) is 33.8 Å². The average Bonchev–Trinajstić information content (AvgIpc) is 2.95. The molecule has 4 nitrogen and oxygen atoms in total. The SMILES string of the molecule is O=C(Nc1c(Cl)cc(Cl)cc1Cl)N1CCc2c([nH]c3ccccc23)C1. The molecule has 0 aliphatic carbocycles. The van der Waals surface area contributed by atoms with Gasteiger partial charge in [-0.3, -0.25) is 0 Å². The van der Waals surface area contributed by atoms with E-state index in [4.69, 9.17) is 34.8 Å². The summed E-state index contributed by atoms with van der Waals surface area (Å²) in [6.07, 6.45) is 0.800. The number of amides is 2. The highest BCUT2D eigenvalue weighted by atomic mass is 35.5. The smallest absolute Gasteiger partial charge is 0.322 e. The second kappa shape index (κ2) is 6.45. The Balaban J connectivity index is 1.56. The maximum absolute atomic E-state index is 12.6. The van der Waals surface area contributed by atoms with Crippen LogP contribution in [0.1, 0.15) is 11.3 Å². The average molecular weight is 395 g/mol. The van der Waals surface area contributed by atoms with Gasteiger partial charge in [-0.15, -0.1) is 0 Å². The highest BCUT2D eigenvalue weighted by Gasteiger charge is 2.24. The molecule has 2 N–H and O–H groups in total. The first-order chi connectivity index (χ1) is 12.0. The summed E-state index contributed by atoms with van der Waals surface area (Å²) in [7, 11) is 0. The van der Waals surface area contributed by atoms with Crippen LogP contribution in [0.15, 0.2) is 36.4 Å². The molecular weight excluding hydrogens is 381 g/mol. The molecule has 1 aliphatic heterocycles. The van der Waals surface area contributed by atoms with E-state index < -0.39 is 0 Å². The molecule has 0 radical (unpaired) electrons. The number of nitrogens with one attached hydrogen (secondary N) is 2. The van der Waals surface area contributed by atoms with Gasteiger partial charge in [0.25, 0.3) is 0 Å². The van der Waals surface area contributed by atoms with Crippen molar-refractivity contribution in [3.8, 4) is 0 Å². The number of anilines is 1. The molecular formula is C18H14Cl3N3O. The number of carbonyl (C=O) groups is 1. The fourth-order valence-corrected chi connectivity index (χ4v) is 4.13. The summed E-state index contributed by atoms with van der Waals surface area (Å²) in [4.78, 5) is 17.8. The van der Waals surface area contributed by atoms with Crippen LogP contribution in [0.25, 0.3) is 10.9 Å². The molecule has 128 valence electrons. The van der Waals surface area contributed by atoms with Crippen molar-refractivity contribution in [2.75, 3.05) is 11.9 Å². The molecule has 0 unspecified atom stereocenters. The van der Waals surface area contributed by atoms with Crippen LogP contribution in [-0.4, -0.2) is 22.5 Å². The Morgan fingerprint density at radius 3 is 2.60 bits per heavy atom. The van der Waals surface area contributed by atoms with Gasteiger partial charge >= 0.3 is 6.03 Å². The van der Waals surface area contributed by atoms with Crippen LogP contribution >= 0.6 is 34.8 Å². The van der Waals surface area contributed by atoms with E-state index >= 15 is 0 Å². The fourth-order valence-electron chi connectivity index (χ4n) is 3.21. The van der Waals surface area contributed by atoms with Crippen molar-refractivity contribution in [2.45, 2.75) is 13.0 Å². The van der Waals surface area contributed by atoms with Crippen LogP contribution in [-0.2, 0) is 13.0 Å². The minimum absolute atomic E-state index is 0.240. The van der Waals surface area contributed by atoms with Gasteiger partial charge in [-0.05, 0) is 30.2 Å². The van der Waals surface area contributed by atoms with E-state index in [2.05, 4.69) is 16.4 Å². The van der Waals surface area contributed by atoms with Crippen molar-refractivity contribution < 1.29 is 4.79 Å². The van der Waals surface area contributed by atoms with Crippen molar-refractivity contribution in [1.82, 2.24) is 9.88 Å². The van der Waals surface area contributed by atoms with Gasteiger partial charge in [0, 0.05) is 28.2 Å². The Morgan fingerprint density at radius 1 is 1.12 bits per heavy atom. The van der Waals surface area contributed by atoms with Crippen molar-refractivity contribution in [2.24, 2.45) is 0 Å². The van der Waals surface area contributed by atoms with E-state index in [-0.39, 0.29) is 6.03 Å². The van der Waals surface area contributed by atoms with E-state index in [1.807, 2.05) is 18.2 Å². The number of nitrogens with zero attached hydrogens (tertiary/aromatic N) is 1. The minimum Gasteiger partial charge on any atom is -0.357 e. The standard InChI is InChI=1S/C18H14Cl3N3O/c19-10-7-13(20)17(14(21)8-10)23-18(25)24-6-5-12-11-3-1-2-4-15(11)22-16(12)9-24/h1-4,7-8,22H,5-6,9H2,(H,23,25). The van der Waals surface area contributed by atoms with Gasteiger partial charge in [0.1, 0.15) is 0 Å². The summed E-state index contributed by atoms with van der Waals surface area (Å²) in [6.45, 7) is 1.14. The zero-order valence-electron chi connectivity index (χ0n) is 13.1. The van der Waals surface area contributed by atoms with Crippen LogP contribution < -0.4 is 5.32 Å². The molecule has 3 aromatic rings. The van der Waals surface area contributed by atoms with E-state index in [1.165, 1.54) is 10.9 Å². The van der Waals surface area contributed by atoms with Crippen LogP contribution in [0.3, 0.4) is 0 Å². The van der Waals surface area contributed by atoms with E-state index in [9.17, 15) is 4.79 Å². The summed E-state index contributed by atoms with van der Waals surface area (Å²) in [5.74, 6) is 0. The number of H-pyrrole nitrogens is 1. The first-order valence-electron chi connectivity index (χ1n) is 7.82. The highest BCUT2D eigenvalue weighted by molar-refractivity contribution is 6.42. The molecule has 2 aromatic carbocycles. The number of halogens is 3. The second-order valence-corrected chi connectivity index (χ2v) is 7.22. The molecule has 7 heteroatoms. The Labute approximate surface area is 159 Å². The number of aromatic nitrogens is 1. The van der Waals surface area contributed by atoms with Crippen LogP contribution in [0.5, 0.6) is 0 Å². The van der Waals surface area contributed by atoms with Crippen molar-refractivity contribution in [1.29, 1.82) is 0 Å². The molecule has 2 heterocycles. The van der Waals surface area contributed by atoms with Gasteiger partial charge in [-0.25, -0.2) is 4.79 Å². The molecule has 0 saturated heterocycles. The summed E-state index contributed by atoms with van der Waals surface area (Å²) in [6, 6.07) is 11.0. The third kappa shape index (κ3) is 3.06. The van der Waals surface area contributed by atoms with Gasteiger partial charge in [-0.1, -0.05) is 53.0 Å².